The van der Waals surface area contributed by atoms with Crippen LogP contribution in [0.4, 0.5) is 5.82 Å². The standard InChI is InChI=1S/C34H42N6O4/c1-2-43-33(42)21-31(26-20-28(23-36-22-26)44-19-5-9-32(41)37-17-15-35)40-18-14-29-24(6-3-8-30(29)40)10-12-27-13-11-25-7-4-16-38-34(25)39-27/h3,6,8,11,13-14,18,20,22-23,31H,2,4-5,7,9-10,12,15-17,19,21,35H2,1H3,(H,37,41)(H,38,39). The minimum absolute atomic E-state index is 0.0461. The number of aromatic nitrogens is 3. The van der Waals surface area contributed by atoms with Gasteiger partial charge in [-0.3, -0.25) is 14.6 Å². The third kappa shape index (κ3) is 7.93. The normalized spacial score (nSPS) is 13.1. The Hall–Kier alpha value is -4.44. The second-order valence-electron chi connectivity index (χ2n) is 11.0. The van der Waals surface area contributed by atoms with Crippen LogP contribution in [-0.4, -0.2) is 59.3 Å². The summed E-state index contributed by atoms with van der Waals surface area (Å²) in [5, 5.41) is 7.33. The van der Waals surface area contributed by atoms with E-state index in [1.807, 2.05) is 19.2 Å². The average Bonchev–Trinajstić information content (AvgIpc) is 3.48. The number of aryl methyl sites for hydroxylation is 3. The van der Waals surface area contributed by atoms with Crippen molar-refractivity contribution in [2.75, 3.05) is 38.2 Å². The molecule has 1 aromatic carbocycles. The number of fused-ring (bicyclic) bond motifs is 2. The Morgan fingerprint density at radius 3 is 2.93 bits per heavy atom. The van der Waals surface area contributed by atoms with Gasteiger partial charge in [-0.2, -0.15) is 0 Å². The molecule has 0 saturated carbocycles. The summed E-state index contributed by atoms with van der Waals surface area (Å²) in [6, 6.07) is 14.4. The highest BCUT2D eigenvalue weighted by Crippen LogP contribution is 2.31. The minimum Gasteiger partial charge on any atom is -0.492 e. The van der Waals surface area contributed by atoms with Gasteiger partial charge in [0.15, 0.2) is 0 Å². The molecule has 10 heteroatoms. The zero-order valence-corrected chi connectivity index (χ0v) is 25.4. The molecule has 44 heavy (non-hydrogen) atoms. The van der Waals surface area contributed by atoms with Gasteiger partial charge in [0.1, 0.15) is 11.6 Å². The largest absolute Gasteiger partial charge is 0.492 e. The molecule has 4 aromatic rings. The maximum Gasteiger partial charge on any atom is 0.308 e. The van der Waals surface area contributed by atoms with Crippen molar-refractivity contribution in [3.63, 3.8) is 0 Å². The molecule has 4 N–H and O–H groups in total. The van der Waals surface area contributed by atoms with Gasteiger partial charge in [-0.1, -0.05) is 18.2 Å². The van der Waals surface area contributed by atoms with Crippen molar-refractivity contribution >= 4 is 28.6 Å². The third-order valence-electron chi connectivity index (χ3n) is 7.86. The van der Waals surface area contributed by atoms with E-state index >= 15 is 0 Å². The molecule has 232 valence electrons. The van der Waals surface area contributed by atoms with E-state index in [2.05, 4.69) is 56.6 Å². The van der Waals surface area contributed by atoms with Gasteiger partial charge in [0, 0.05) is 55.0 Å². The first kappa shape index (κ1) is 31.0. The summed E-state index contributed by atoms with van der Waals surface area (Å²) < 4.78 is 13.4. The molecule has 0 aliphatic carbocycles. The van der Waals surface area contributed by atoms with Gasteiger partial charge in [-0.05, 0) is 80.0 Å². The number of nitrogens with zero attached hydrogens (tertiary/aromatic N) is 3. The fourth-order valence-corrected chi connectivity index (χ4v) is 5.69. The van der Waals surface area contributed by atoms with Gasteiger partial charge < -0.3 is 30.4 Å². The van der Waals surface area contributed by atoms with Crippen molar-refractivity contribution < 1.29 is 19.1 Å². The van der Waals surface area contributed by atoms with Crippen molar-refractivity contribution in [2.45, 2.75) is 57.9 Å². The number of carbonyl (C=O) groups is 2. The number of anilines is 1. The Labute approximate surface area is 258 Å². The van der Waals surface area contributed by atoms with Gasteiger partial charge in [-0.15, -0.1) is 0 Å². The van der Waals surface area contributed by atoms with Crippen LogP contribution in [0.25, 0.3) is 10.9 Å². The molecule has 0 radical (unpaired) electrons. The molecular formula is C34H42N6O4. The second-order valence-corrected chi connectivity index (χ2v) is 11.0. The van der Waals surface area contributed by atoms with E-state index in [-0.39, 0.29) is 24.3 Å². The van der Waals surface area contributed by atoms with E-state index < -0.39 is 0 Å². The molecule has 4 heterocycles. The van der Waals surface area contributed by atoms with Crippen LogP contribution >= 0.6 is 0 Å². The van der Waals surface area contributed by atoms with Gasteiger partial charge in [0.2, 0.25) is 5.91 Å². The van der Waals surface area contributed by atoms with E-state index in [9.17, 15) is 9.59 Å². The van der Waals surface area contributed by atoms with E-state index in [1.54, 1.807) is 12.4 Å². The number of hydrogen-bond acceptors (Lipinski definition) is 8. The number of benzene rings is 1. The molecule has 0 saturated heterocycles. The first-order valence-corrected chi connectivity index (χ1v) is 15.6. The first-order valence-electron chi connectivity index (χ1n) is 15.6. The highest BCUT2D eigenvalue weighted by molar-refractivity contribution is 5.84. The number of nitrogens with one attached hydrogen (secondary N) is 2. The Morgan fingerprint density at radius 1 is 1.16 bits per heavy atom. The zero-order chi connectivity index (χ0) is 30.7. The zero-order valence-electron chi connectivity index (χ0n) is 25.4. The number of pyridine rings is 2. The van der Waals surface area contributed by atoms with Crippen molar-refractivity contribution in [1.82, 2.24) is 19.9 Å². The maximum absolute atomic E-state index is 12.8. The van der Waals surface area contributed by atoms with Crippen LogP contribution in [0.3, 0.4) is 0 Å². The molecule has 3 aromatic heterocycles. The summed E-state index contributed by atoms with van der Waals surface area (Å²) in [6.07, 6.45) is 10.4. The van der Waals surface area contributed by atoms with Crippen LogP contribution in [-0.2, 0) is 33.6 Å². The minimum atomic E-state index is -0.340. The fraction of sp³-hybridized carbons (Fsp3) is 0.412. The SMILES string of the molecule is CCOC(=O)CC(c1cncc(OCCCC(=O)NCCN)c1)n1ccc2c(CCc3ccc4c(n3)NCCC4)cccc21. The van der Waals surface area contributed by atoms with E-state index in [0.717, 1.165) is 60.2 Å². The monoisotopic (exact) mass is 598 g/mol. The van der Waals surface area contributed by atoms with Crippen molar-refractivity contribution in [3.05, 3.63) is 83.4 Å². The van der Waals surface area contributed by atoms with E-state index in [4.69, 9.17) is 20.2 Å². The molecule has 0 fully saturated rings. The molecular weight excluding hydrogens is 556 g/mol. The molecule has 1 atom stereocenters. The van der Waals surface area contributed by atoms with Crippen molar-refractivity contribution in [1.29, 1.82) is 0 Å². The van der Waals surface area contributed by atoms with Gasteiger partial charge >= 0.3 is 5.97 Å². The summed E-state index contributed by atoms with van der Waals surface area (Å²) >= 11 is 0. The number of ether oxygens (including phenoxy) is 2. The van der Waals surface area contributed by atoms with Crippen molar-refractivity contribution in [2.24, 2.45) is 5.73 Å². The Kier molecular flexibility index (Phi) is 10.8. The quantitative estimate of drug-likeness (QED) is 0.136. The summed E-state index contributed by atoms with van der Waals surface area (Å²) in [7, 11) is 0. The summed E-state index contributed by atoms with van der Waals surface area (Å²) in [6.45, 7) is 4.35. The number of rotatable bonds is 15. The van der Waals surface area contributed by atoms with Crippen LogP contribution in [0.1, 0.15) is 61.0 Å². The molecule has 1 aliphatic rings. The molecule has 5 rings (SSSR count). The number of nitrogens with two attached hydrogens (primary N) is 1. The predicted molar refractivity (Wildman–Crippen MR) is 171 cm³/mol. The Balaban J connectivity index is 1.33. The lowest BCUT2D eigenvalue weighted by Gasteiger charge is -2.21. The number of hydrogen-bond donors (Lipinski definition) is 3. The molecule has 0 spiro atoms. The molecule has 1 amide bonds. The lowest BCUT2D eigenvalue weighted by Crippen LogP contribution is -2.29. The predicted octanol–water partition coefficient (Wildman–Crippen LogP) is 4.35. The van der Waals surface area contributed by atoms with Crippen LogP contribution in [0, 0.1) is 0 Å². The topological polar surface area (TPSA) is 133 Å². The summed E-state index contributed by atoms with van der Waals surface area (Å²) in [5.41, 5.74) is 10.9. The Bertz CT molecular complexity index is 1570. The number of amides is 1. The van der Waals surface area contributed by atoms with Gasteiger partial charge in [0.25, 0.3) is 0 Å². The fourth-order valence-electron chi connectivity index (χ4n) is 5.69. The molecule has 0 bridgehead atoms. The smallest absolute Gasteiger partial charge is 0.308 e. The molecule has 1 unspecified atom stereocenters. The van der Waals surface area contributed by atoms with Crippen molar-refractivity contribution in [3.8, 4) is 5.75 Å². The van der Waals surface area contributed by atoms with Crippen LogP contribution in [0.5, 0.6) is 5.75 Å². The second kappa shape index (κ2) is 15.3. The number of carbonyl (C=O) groups excluding carboxylic acids is 2. The summed E-state index contributed by atoms with van der Waals surface area (Å²) in [5.74, 6) is 1.28. The first-order chi connectivity index (χ1) is 21.6. The lowest BCUT2D eigenvalue weighted by atomic mass is 10.0. The maximum atomic E-state index is 12.8. The van der Waals surface area contributed by atoms with E-state index in [1.165, 1.54) is 11.1 Å². The molecule has 1 aliphatic heterocycles. The van der Waals surface area contributed by atoms with E-state index in [0.29, 0.717) is 44.9 Å². The Morgan fingerprint density at radius 2 is 2.07 bits per heavy atom. The van der Waals surface area contributed by atoms with Crippen LogP contribution in [0.2, 0.25) is 0 Å². The van der Waals surface area contributed by atoms with Gasteiger partial charge in [0.05, 0.1) is 31.9 Å². The number of esters is 1. The molecule has 10 nitrogen and oxygen atoms in total. The highest BCUT2D eigenvalue weighted by Gasteiger charge is 2.22. The summed E-state index contributed by atoms with van der Waals surface area (Å²) in [4.78, 5) is 33.9. The average molecular weight is 599 g/mol. The van der Waals surface area contributed by atoms with Crippen LogP contribution < -0.4 is 21.1 Å². The highest BCUT2D eigenvalue weighted by atomic mass is 16.5. The third-order valence-corrected chi connectivity index (χ3v) is 7.86. The van der Waals surface area contributed by atoms with Crippen LogP contribution in [0.15, 0.2) is 61.1 Å². The lowest BCUT2D eigenvalue weighted by molar-refractivity contribution is -0.143. The van der Waals surface area contributed by atoms with Gasteiger partial charge in [-0.25, -0.2) is 4.98 Å².